The molecule has 4 heterocycles. The van der Waals surface area contributed by atoms with Crippen molar-refractivity contribution in [2.75, 3.05) is 156 Å². The molecule has 2 aliphatic rings. The Labute approximate surface area is 475 Å². The largest absolute Gasteiger partial charge is 0.353 e. The summed E-state index contributed by atoms with van der Waals surface area (Å²) in [4.78, 5) is 136. The average molecular weight is 1220 g/mol. The maximum atomic E-state index is 13.3. The van der Waals surface area contributed by atoms with Crippen LogP contribution >= 0.6 is 30.4 Å². The third kappa shape index (κ3) is 27.4. The highest BCUT2D eigenvalue weighted by Gasteiger charge is 2.28. The average Bonchev–Trinajstić information content (AvgIpc) is 3.34. The Hall–Kier alpha value is -3.56. The summed E-state index contributed by atoms with van der Waals surface area (Å²) in [5.74, 6) is -1.04. The third-order valence-electron chi connectivity index (χ3n) is 13.4. The number of pyridine rings is 2. The molecule has 0 bridgehead atoms. The van der Waals surface area contributed by atoms with Crippen molar-refractivity contribution in [3.63, 3.8) is 0 Å². The van der Waals surface area contributed by atoms with E-state index >= 15 is 0 Å². The molecule has 10 N–H and O–H groups in total. The van der Waals surface area contributed by atoms with Gasteiger partial charge in [0.15, 0.2) is 0 Å². The van der Waals surface area contributed by atoms with Gasteiger partial charge in [-0.15, -0.1) is 0 Å². The fraction of sp³-hybridized carbons (Fsp3) is 0.600. The number of hydrogen-bond donors (Lipinski definition) is 10. The van der Waals surface area contributed by atoms with Crippen LogP contribution in [0.4, 0.5) is 0 Å². The summed E-state index contributed by atoms with van der Waals surface area (Å²) in [7, 11) is -18.0. The first-order chi connectivity index (χ1) is 37.2. The zero-order chi connectivity index (χ0) is 57.4. The molecule has 6 rings (SSSR count). The van der Waals surface area contributed by atoms with E-state index in [1.54, 1.807) is 29.4 Å². The van der Waals surface area contributed by atoms with Crippen molar-refractivity contribution in [3.8, 4) is 0 Å². The highest BCUT2D eigenvalue weighted by atomic mass is 31.2. The quantitative estimate of drug-likeness (QED) is 0.0341. The van der Waals surface area contributed by atoms with Crippen LogP contribution < -0.4 is 10.8 Å². The molecule has 2 aromatic carbocycles. The van der Waals surface area contributed by atoms with E-state index in [-0.39, 0.29) is 120 Å². The number of fused-ring (bicyclic) bond motifs is 2. The van der Waals surface area contributed by atoms with Gasteiger partial charge in [0.1, 0.15) is 25.1 Å². The zero-order valence-electron chi connectivity index (χ0n) is 44.9. The van der Waals surface area contributed by atoms with E-state index in [0.29, 0.717) is 39.3 Å². The maximum Gasteiger partial charge on any atom is 0.339 e. The SMILES string of the molecule is C.C.Cc1ccc2nc(CN3CCN(CP(=O)(O)O)CCN(CC(=O)NCCONC(=O)CN4CCN(CP(=O)(O)O)CCN(Cc5ccc6cc(C)ccc6n5)CCN(CP(=O)(O)O)CC4)CCN(CP(=O)(O)O)CC3)ccc2c1. The van der Waals surface area contributed by atoms with Gasteiger partial charge in [-0.3, -0.25) is 81.9 Å². The summed E-state index contributed by atoms with van der Waals surface area (Å²) in [6.45, 7) is 7.79. The predicted octanol–water partition coefficient (Wildman–Crippen LogP) is 1.52. The second-order valence-corrected chi connectivity index (χ2v) is 27.0. The number of carbonyl (C=O) groups is 2. The standard InChI is InChI=1S/C48H78N12O15P4.2CH4/c1-39-3-9-45-41(29-39)5-7-43(50-45)31-53-12-20-57(35-76(63,64)65)24-16-55(17-25-58(21-13-53)36-77(66,67)68)33-47(61)49-11-28-75-52-48(62)34-56-18-26-59(37-78(69,70)71)22-14-54(15-23-60(27-19-56)38-79(72,73)74)32-44-8-6-42-30-40(2)4-10-46(42)51-44;;/h3-10,29-30H,11-28,31-38H2,1-2H3,(H,49,61)(H,52,62)(H2,63,64,65)(H2,66,67,68)(H2,69,70,71)(H2,72,73,74);2*1H4. The Kier molecular flexibility index (Phi) is 28.2. The van der Waals surface area contributed by atoms with Crippen LogP contribution in [0.1, 0.15) is 37.4 Å². The summed E-state index contributed by atoms with van der Waals surface area (Å²) < 4.78 is 49.1. The Morgan fingerprint density at radius 3 is 1.10 bits per heavy atom. The monoisotopic (exact) mass is 1220 g/mol. The smallest absolute Gasteiger partial charge is 0.339 e. The van der Waals surface area contributed by atoms with Gasteiger partial charge in [0.05, 0.1) is 42.1 Å². The van der Waals surface area contributed by atoms with Crippen molar-refractivity contribution in [1.82, 2.24) is 60.0 Å². The lowest BCUT2D eigenvalue weighted by atomic mass is 10.1. The number of nitrogens with zero attached hydrogens (tertiary/aromatic N) is 10. The molecule has 2 aliphatic heterocycles. The highest BCUT2D eigenvalue weighted by Crippen LogP contribution is 2.37. The van der Waals surface area contributed by atoms with Crippen LogP contribution in [0.2, 0.25) is 0 Å². The molecule has 2 amide bonds. The number of nitrogens with one attached hydrogen (secondary N) is 2. The zero-order valence-corrected chi connectivity index (χ0v) is 48.4. The van der Waals surface area contributed by atoms with Crippen molar-refractivity contribution in [3.05, 3.63) is 83.2 Å². The molecule has 81 heavy (non-hydrogen) atoms. The van der Waals surface area contributed by atoms with Gasteiger partial charge in [0, 0.05) is 135 Å². The van der Waals surface area contributed by atoms with Crippen LogP contribution in [0.5, 0.6) is 0 Å². The molecule has 2 fully saturated rings. The van der Waals surface area contributed by atoms with Gasteiger partial charge in [0.25, 0.3) is 5.91 Å². The Morgan fingerprint density at radius 2 is 0.765 bits per heavy atom. The molecule has 456 valence electrons. The van der Waals surface area contributed by atoms with Crippen molar-refractivity contribution in [1.29, 1.82) is 0 Å². The van der Waals surface area contributed by atoms with Gasteiger partial charge in [-0.2, -0.15) is 0 Å². The molecule has 0 aliphatic carbocycles. The summed E-state index contributed by atoms with van der Waals surface area (Å²) in [5.41, 5.74) is 7.69. The number of benzene rings is 2. The topological polar surface area (TPSA) is 349 Å². The van der Waals surface area contributed by atoms with Crippen molar-refractivity contribution >= 4 is 64.0 Å². The summed E-state index contributed by atoms with van der Waals surface area (Å²) >= 11 is 0. The molecule has 27 nitrogen and oxygen atoms in total. The van der Waals surface area contributed by atoms with E-state index in [4.69, 9.17) is 14.8 Å². The molecule has 2 saturated heterocycles. The molecular weight excluding hydrogens is 1130 g/mol. The Bertz CT molecular complexity index is 2570. The van der Waals surface area contributed by atoms with E-state index < -0.39 is 67.3 Å². The van der Waals surface area contributed by atoms with Crippen LogP contribution in [-0.2, 0) is 45.8 Å². The van der Waals surface area contributed by atoms with E-state index in [2.05, 4.69) is 10.8 Å². The molecule has 4 aromatic rings. The van der Waals surface area contributed by atoms with Crippen molar-refractivity contribution in [2.45, 2.75) is 41.8 Å². The molecule has 0 saturated carbocycles. The van der Waals surface area contributed by atoms with Gasteiger partial charge in [-0.25, -0.2) is 5.48 Å². The van der Waals surface area contributed by atoms with E-state index in [1.165, 1.54) is 0 Å². The lowest BCUT2D eigenvalue weighted by molar-refractivity contribution is -0.134. The lowest BCUT2D eigenvalue weighted by Crippen LogP contribution is -2.48. The normalized spacial score (nSPS) is 18.2. The number of hydrogen-bond acceptors (Lipinski definition) is 17. The summed E-state index contributed by atoms with van der Waals surface area (Å²) in [6.07, 6.45) is -2.09. The van der Waals surface area contributed by atoms with E-state index in [0.717, 1.165) is 44.3 Å². The van der Waals surface area contributed by atoms with Gasteiger partial charge in [0.2, 0.25) is 5.91 Å². The number of aryl methyl sites for hydroxylation is 2. The lowest BCUT2D eigenvalue weighted by Gasteiger charge is -2.34. The first kappa shape index (κ1) is 69.9. The van der Waals surface area contributed by atoms with E-state index in [9.17, 15) is 67.0 Å². The number of rotatable bonds is 20. The van der Waals surface area contributed by atoms with Gasteiger partial charge in [-0.1, -0.05) is 50.2 Å². The predicted molar refractivity (Wildman–Crippen MR) is 311 cm³/mol. The number of amides is 2. The number of aromatic nitrogens is 2. The molecule has 0 unspecified atom stereocenters. The fourth-order valence-corrected chi connectivity index (χ4v) is 12.7. The van der Waals surface area contributed by atoms with Crippen LogP contribution in [0.15, 0.2) is 60.7 Å². The van der Waals surface area contributed by atoms with Gasteiger partial charge < -0.3 is 44.5 Å². The molecule has 0 spiro atoms. The minimum absolute atomic E-state index is 0. The Balaban J connectivity index is 0.00000706. The molecule has 0 atom stereocenters. The first-order valence-corrected chi connectivity index (χ1v) is 33.2. The molecule has 31 heteroatoms. The first-order valence-electron chi connectivity index (χ1n) is 26.0. The third-order valence-corrected chi connectivity index (χ3v) is 16.5. The van der Waals surface area contributed by atoms with Crippen molar-refractivity contribution < 1.29 is 71.8 Å². The second kappa shape index (κ2) is 32.6. The van der Waals surface area contributed by atoms with E-state index in [1.807, 2.05) is 84.3 Å². The van der Waals surface area contributed by atoms with Crippen molar-refractivity contribution in [2.24, 2.45) is 0 Å². The van der Waals surface area contributed by atoms with Gasteiger partial charge in [-0.05, 0) is 50.2 Å². The Morgan fingerprint density at radius 1 is 0.457 bits per heavy atom. The van der Waals surface area contributed by atoms with Gasteiger partial charge >= 0.3 is 30.4 Å². The molecule has 0 radical (unpaired) electrons. The number of hydroxylamine groups is 1. The van der Waals surface area contributed by atoms with Crippen LogP contribution in [0.3, 0.4) is 0 Å². The van der Waals surface area contributed by atoms with Crippen LogP contribution in [-0.4, -0.2) is 256 Å². The van der Waals surface area contributed by atoms with Crippen LogP contribution in [0.25, 0.3) is 21.8 Å². The fourth-order valence-electron chi connectivity index (χ4n) is 9.47. The number of carbonyl (C=O) groups excluding carboxylic acids is 2. The van der Waals surface area contributed by atoms with Crippen LogP contribution in [0, 0.1) is 13.8 Å². The molecular formula is C50H86N12O15P4. The molecule has 2 aromatic heterocycles. The summed E-state index contributed by atoms with van der Waals surface area (Å²) in [6, 6.07) is 19.7. The summed E-state index contributed by atoms with van der Waals surface area (Å²) in [5, 5.41) is 4.69. The minimum atomic E-state index is -4.51. The minimum Gasteiger partial charge on any atom is -0.353 e. The maximum absolute atomic E-state index is 13.3. The highest BCUT2D eigenvalue weighted by molar-refractivity contribution is 7.52. The second-order valence-electron chi connectivity index (χ2n) is 20.5.